The molecule has 32 heavy (non-hydrogen) atoms. The van der Waals surface area contributed by atoms with E-state index in [4.69, 9.17) is 4.74 Å². The van der Waals surface area contributed by atoms with Gasteiger partial charge in [-0.3, -0.25) is 4.79 Å². The van der Waals surface area contributed by atoms with Crippen molar-refractivity contribution < 1.29 is 9.53 Å². The molecular formula is C28H28N2O2. The maximum Gasteiger partial charge on any atom is 0.266 e. The Morgan fingerprint density at radius 3 is 2.31 bits per heavy atom. The fraction of sp³-hybridized carbons (Fsp3) is 0.214. The predicted molar refractivity (Wildman–Crippen MR) is 130 cm³/mol. The van der Waals surface area contributed by atoms with Gasteiger partial charge in [-0.05, 0) is 80.6 Å². The molecule has 162 valence electrons. The number of carbonyl (C=O) groups excluding carboxylic acids is 1. The smallest absolute Gasteiger partial charge is 0.266 e. The summed E-state index contributed by atoms with van der Waals surface area (Å²) in [6, 6.07) is 20.0. The molecule has 0 saturated heterocycles. The summed E-state index contributed by atoms with van der Waals surface area (Å²) in [5.74, 6) is 0.312. The van der Waals surface area contributed by atoms with Crippen molar-refractivity contribution in [3.63, 3.8) is 0 Å². The SMILES string of the molecule is COc1ccc(/C=C(\C#N)C(=O)Nc2ccc(C)cc2C)c(Cc2cc(C)cc(C)c2)c1. The van der Waals surface area contributed by atoms with Gasteiger partial charge in [0.25, 0.3) is 5.91 Å². The Bertz CT molecular complexity index is 1210. The molecule has 0 aliphatic carbocycles. The van der Waals surface area contributed by atoms with Gasteiger partial charge < -0.3 is 10.1 Å². The lowest BCUT2D eigenvalue weighted by molar-refractivity contribution is -0.112. The Morgan fingerprint density at radius 2 is 1.69 bits per heavy atom. The summed E-state index contributed by atoms with van der Waals surface area (Å²) >= 11 is 0. The zero-order valence-corrected chi connectivity index (χ0v) is 19.2. The van der Waals surface area contributed by atoms with Crippen LogP contribution in [-0.4, -0.2) is 13.0 Å². The molecule has 1 N–H and O–H groups in total. The van der Waals surface area contributed by atoms with Crippen molar-refractivity contribution in [2.24, 2.45) is 0 Å². The Kier molecular flexibility index (Phi) is 7.12. The first-order valence-electron chi connectivity index (χ1n) is 10.5. The van der Waals surface area contributed by atoms with Gasteiger partial charge >= 0.3 is 0 Å². The summed E-state index contributed by atoms with van der Waals surface area (Å²) in [6.45, 7) is 8.09. The molecular weight excluding hydrogens is 396 g/mol. The lowest BCUT2D eigenvalue weighted by Crippen LogP contribution is -2.14. The number of amides is 1. The average molecular weight is 425 g/mol. The minimum Gasteiger partial charge on any atom is -0.497 e. The molecule has 0 bridgehead atoms. The molecule has 0 aliphatic heterocycles. The molecule has 0 fully saturated rings. The van der Waals surface area contributed by atoms with Gasteiger partial charge in [-0.15, -0.1) is 0 Å². The van der Waals surface area contributed by atoms with E-state index < -0.39 is 5.91 Å². The molecule has 4 nitrogen and oxygen atoms in total. The van der Waals surface area contributed by atoms with Crippen molar-refractivity contribution in [3.8, 4) is 11.8 Å². The number of anilines is 1. The fourth-order valence-corrected chi connectivity index (χ4v) is 3.84. The van der Waals surface area contributed by atoms with Crippen molar-refractivity contribution in [1.29, 1.82) is 5.26 Å². The molecule has 0 atom stereocenters. The largest absolute Gasteiger partial charge is 0.497 e. The van der Waals surface area contributed by atoms with Crippen LogP contribution in [0.4, 0.5) is 5.69 Å². The van der Waals surface area contributed by atoms with Crippen LogP contribution in [0.5, 0.6) is 5.75 Å². The van der Waals surface area contributed by atoms with Gasteiger partial charge in [0, 0.05) is 5.69 Å². The Balaban J connectivity index is 1.95. The number of nitriles is 1. The highest BCUT2D eigenvalue weighted by molar-refractivity contribution is 6.10. The van der Waals surface area contributed by atoms with E-state index in [1.165, 1.54) is 16.7 Å². The second-order valence-electron chi connectivity index (χ2n) is 8.18. The maximum atomic E-state index is 12.8. The first-order valence-corrected chi connectivity index (χ1v) is 10.5. The zero-order chi connectivity index (χ0) is 23.3. The molecule has 0 unspecified atom stereocenters. The quantitative estimate of drug-likeness (QED) is 0.386. The summed E-state index contributed by atoms with van der Waals surface area (Å²) in [6.07, 6.45) is 2.32. The van der Waals surface area contributed by atoms with Gasteiger partial charge in [0.1, 0.15) is 17.4 Å². The van der Waals surface area contributed by atoms with Crippen LogP contribution in [-0.2, 0) is 11.2 Å². The molecule has 4 heteroatoms. The second-order valence-corrected chi connectivity index (χ2v) is 8.18. The van der Waals surface area contributed by atoms with Crippen LogP contribution in [0.25, 0.3) is 6.08 Å². The molecule has 3 aromatic carbocycles. The van der Waals surface area contributed by atoms with Crippen LogP contribution in [0.15, 0.2) is 60.2 Å². The predicted octanol–water partition coefficient (Wildman–Crippen LogP) is 6.07. The third-order valence-corrected chi connectivity index (χ3v) is 5.32. The number of carbonyl (C=O) groups is 1. The van der Waals surface area contributed by atoms with E-state index in [1.54, 1.807) is 13.2 Å². The highest BCUT2D eigenvalue weighted by atomic mass is 16.5. The number of hydrogen-bond donors (Lipinski definition) is 1. The molecule has 0 heterocycles. The van der Waals surface area contributed by atoms with Gasteiger partial charge in [0.15, 0.2) is 0 Å². The van der Waals surface area contributed by atoms with Crippen molar-refractivity contribution in [1.82, 2.24) is 0 Å². The van der Waals surface area contributed by atoms with Gasteiger partial charge in [-0.1, -0.05) is 53.1 Å². The standard InChI is InChI=1S/C28H28N2O2/c1-18-6-9-27(21(4)11-18)30-28(31)25(17-29)15-23-7-8-26(32-5)16-24(23)14-22-12-19(2)10-20(3)13-22/h6-13,15-16H,14H2,1-5H3,(H,30,31)/b25-15+. The number of nitrogens with zero attached hydrogens (tertiary/aromatic N) is 1. The van der Waals surface area contributed by atoms with E-state index >= 15 is 0 Å². The van der Waals surface area contributed by atoms with E-state index in [0.29, 0.717) is 12.1 Å². The highest BCUT2D eigenvalue weighted by Crippen LogP contribution is 2.24. The number of hydrogen-bond acceptors (Lipinski definition) is 3. The van der Waals surface area contributed by atoms with Crippen LogP contribution < -0.4 is 10.1 Å². The number of rotatable bonds is 6. The van der Waals surface area contributed by atoms with Crippen LogP contribution in [0.1, 0.15) is 38.9 Å². The van der Waals surface area contributed by atoms with Gasteiger partial charge in [-0.2, -0.15) is 5.26 Å². The van der Waals surface area contributed by atoms with Crippen molar-refractivity contribution in [3.05, 3.63) is 99.1 Å². The lowest BCUT2D eigenvalue weighted by atomic mass is 9.96. The number of aryl methyl sites for hydroxylation is 4. The Labute approximate surface area is 190 Å². The molecule has 0 aromatic heterocycles. The van der Waals surface area contributed by atoms with Crippen molar-refractivity contribution in [2.75, 3.05) is 12.4 Å². The summed E-state index contributed by atoms with van der Waals surface area (Å²) < 4.78 is 5.41. The third-order valence-electron chi connectivity index (χ3n) is 5.32. The lowest BCUT2D eigenvalue weighted by Gasteiger charge is -2.12. The first kappa shape index (κ1) is 22.8. The highest BCUT2D eigenvalue weighted by Gasteiger charge is 2.13. The molecule has 0 saturated carbocycles. The molecule has 0 radical (unpaired) electrons. The molecule has 0 spiro atoms. The fourth-order valence-electron chi connectivity index (χ4n) is 3.84. The first-order chi connectivity index (χ1) is 15.3. The summed E-state index contributed by atoms with van der Waals surface area (Å²) in [7, 11) is 1.63. The average Bonchev–Trinajstić information content (AvgIpc) is 2.74. The molecule has 1 amide bonds. The molecule has 3 rings (SSSR count). The van der Waals surface area contributed by atoms with E-state index in [9.17, 15) is 10.1 Å². The maximum absolute atomic E-state index is 12.8. The van der Waals surface area contributed by atoms with Gasteiger partial charge in [-0.25, -0.2) is 0 Å². The van der Waals surface area contributed by atoms with Crippen molar-refractivity contribution in [2.45, 2.75) is 34.1 Å². The molecule has 0 aliphatic rings. The monoisotopic (exact) mass is 424 g/mol. The number of nitrogens with one attached hydrogen (secondary N) is 1. The van der Waals surface area contributed by atoms with Gasteiger partial charge in [0.05, 0.1) is 7.11 Å². The van der Waals surface area contributed by atoms with Gasteiger partial charge in [0.2, 0.25) is 0 Å². The normalized spacial score (nSPS) is 11.1. The van der Waals surface area contributed by atoms with E-state index in [2.05, 4.69) is 43.4 Å². The van der Waals surface area contributed by atoms with E-state index in [-0.39, 0.29) is 5.57 Å². The number of ether oxygens (including phenoxy) is 1. The molecule has 3 aromatic rings. The Morgan fingerprint density at radius 1 is 0.969 bits per heavy atom. The third kappa shape index (κ3) is 5.65. The Hall–Kier alpha value is -3.84. The van der Waals surface area contributed by atoms with Crippen LogP contribution in [0, 0.1) is 39.0 Å². The summed E-state index contributed by atoms with van der Waals surface area (Å²) in [5, 5.41) is 12.6. The van der Waals surface area contributed by atoms with Crippen LogP contribution in [0.2, 0.25) is 0 Å². The second kappa shape index (κ2) is 9.98. The minimum absolute atomic E-state index is 0.0526. The van der Waals surface area contributed by atoms with E-state index in [1.807, 2.05) is 50.2 Å². The topological polar surface area (TPSA) is 62.1 Å². The van der Waals surface area contributed by atoms with E-state index in [0.717, 1.165) is 28.0 Å². The van der Waals surface area contributed by atoms with Crippen LogP contribution >= 0.6 is 0 Å². The minimum atomic E-state index is -0.423. The summed E-state index contributed by atoms with van der Waals surface area (Å²) in [5.41, 5.74) is 8.20. The number of methoxy groups -OCH3 is 1. The summed E-state index contributed by atoms with van der Waals surface area (Å²) in [4.78, 5) is 12.8. The zero-order valence-electron chi connectivity index (χ0n) is 19.2. The van der Waals surface area contributed by atoms with Crippen LogP contribution in [0.3, 0.4) is 0 Å². The number of benzene rings is 3. The van der Waals surface area contributed by atoms with Crippen molar-refractivity contribution >= 4 is 17.7 Å².